The molecule has 3 rings (SSSR count). The molecule has 0 fully saturated rings. The second kappa shape index (κ2) is 6.12. The van der Waals surface area contributed by atoms with Gasteiger partial charge in [0.05, 0.1) is 12.3 Å². The van der Waals surface area contributed by atoms with Crippen LogP contribution in [0.15, 0.2) is 24.5 Å². The summed E-state index contributed by atoms with van der Waals surface area (Å²) < 4.78 is 5.82. The topological polar surface area (TPSA) is 47.0 Å². The van der Waals surface area contributed by atoms with E-state index in [0.29, 0.717) is 0 Å². The van der Waals surface area contributed by atoms with Gasteiger partial charge in [-0.2, -0.15) is 0 Å². The SMILES string of the molecule is CCCNc1ncnc(-c2cccc3c2OCC3)c1CC. The monoisotopic (exact) mass is 283 g/mol. The first-order chi connectivity index (χ1) is 10.3. The molecular formula is C17H21N3O. The minimum Gasteiger partial charge on any atom is -0.492 e. The van der Waals surface area contributed by atoms with Crippen LogP contribution < -0.4 is 10.1 Å². The Bertz CT molecular complexity index is 640. The highest BCUT2D eigenvalue weighted by Gasteiger charge is 2.20. The summed E-state index contributed by atoms with van der Waals surface area (Å²) in [4.78, 5) is 8.94. The number of nitrogens with zero attached hydrogens (tertiary/aromatic N) is 2. The normalized spacial score (nSPS) is 12.9. The van der Waals surface area contributed by atoms with Gasteiger partial charge in [0, 0.05) is 24.1 Å². The van der Waals surface area contributed by atoms with Crippen molar-refractivity contribution in [3.05, 3.63) is 35.7 Å². The van der Waals surface area contributed by atoms with Crippen LogP contribution in [-0.4, -0.2) is 23.1 Å². The minimum atomic E-state index is 0.764. The van der Waals surface area contributed by atoms with E-state index in [1.54, 1.807) is 6.33 Å². The fraction of sp³-hybridized carbons (Fsp3) is 0.412. The summed E-state index contributed by atoms with van der Waals surface area (Å²) in [6, 6.07) is 6.31. The lowest BCUT2D eigenvalue weighted by atomic mass is 10.0. The van der Waals surface area contributed by atoms with Gasteiger partial charge < -0.3 is 10.1 Å². The molecule has 2 heterocycles. The third kappa shape index (κ3) is 2.58. The fourth-order valence-electron chi connectivity index (χ4n) is 2.78. The third-order valence-electron chi connectivity index (χ3n) is 3.81. The molecule has 1 aliphatic rings. The highest BCUT2D eigenvalue weighted by molar-refractivity contribution is 5.75. The summed E-state index contributed by atoms with van der Waals surface area (Å²) in [5.41, 5.74) is 4.51. The molecule has 21 heavy (non-hydrogen) atoms. The van der Waals surface area contributed by atoms with Crippen molar-refractivity contribution in [1.29, 1.82) is 0 Å². The summed E-state index contributed by atoms with van der Waals surface area (Å²) in [6.45, 7) is 5.98. The summed E-state index contributed by atoms with van der Waals surface area (Å²) >= 11 is 0. The Morgan fingerprint density at radius 1 is 1.24 bits per heavy atom. The predicted octanol–water partition coefficient (Wildman–Crippen LogP) is 3.46. The second-order valence-electron chi connectivity index (χ2n) is 5.22. The molecule has 1 aliphatic heterocycles. The number of aromatic nitrogens is 2. The van der Waals surface area contributed by atoms with Gasteiger partial charge in [-0.25, -0.2) is 9.97 Å². The quantitative estimate of drug-likeness (QED) is 0.913. The number of fused-ring (bicyclic) bond motifs is 1. The van der Waals surface area contributed by atoms with Crippen LogP contribution in [-0.2, 0) is 12.8 Å². The number of nitrogens with one attached hydrogen (secondary N) is 1. The Kier molecular flexibility index (Phi) is 4.04. The number of hydrogen-bond acceptors (Lipinski definition) is 4. The number of rotatable bonds is 5. The molecule has 1 aromatic carbocycles. The van der Waals surface area contributed by atoms with Crippen LogP contribution in [0.3, 0.4) is 0 Å². The Morgan fingerprint density at radius 3 is 2.95 bits per heavy atom. The minimum absolute atomic E-state index is 0.764. The van der Waals surface area contributed by atoms with Gasteiger partial charge in [0.15, 0.2) is 0 Å². The van der Waals surface area contributed by atoms with Crippen molar-refractivity contribution < 1.29 is 4.74 Å². The first-order valence-corrected chi connectivity index (χ1v) is 7.68. The predicted molar refractivity (Wildman–Crippen MR) is 84.8 cm³/mol. The first-order valence-electron chi connectivity index (χ1n) is 7.68. The maximum Gasteiger partial charge on any atom is 0.133 e. The molecule has 0 amide bonds. The first kappa shape index (κ1) is 13.9. The third-order valence-corrected chi connectivity index (χ3v) is 3.81. The average molecular weight is 283 g/mol. The van der Waals surface area contributed by atoms with Crippen molar-refractivity contribution in [2.24, 2.45) is 0 Å². The van der Waals surface area contributed by atoms with Crippen molar-refractivity contribution in [3.63, 3.8) is 0 Å². The van der Waals surface area contributed by atoms with Gasteiger partial charge in [0.25, 0.3) is 0 Å². The van der Waals surface area contributed by atoms with Gasteiger partial charge in [-0.05, 0) is 24.5 Å². The van der Waals surface area contributed by atoms with Gasteiger partial charge in [-0.1, -0.05) is 26.0 Å². The van der Waals surface area contributed by atoms with E-state index in [9.17, 15) is 0 Å². The molecule has 1 aromatic heterocycles. The Morgan fingerprint density at radius 2 is 2.14 bits per heavy atom. The fourth-order valence-corrected chi connectivity index (χ4v) is 2.78. The number of para-hydroxylation sites is 1. The molecule has 0 unspecified atom stereocenters. The summed E-state index contributed by atoms with van der Waals surface area (Å²) in [5.74, 6) is 1.94. The standard InChI is InChI=1S/C17H21N3O/c1-3-9-18-17-13(4-2)15(19-11-20-17)14-7-5-6-12-8-10-21-16(12)14/h5-7,11H,3-4,8-10H2,1-2H3,(H,18,19,20). The van der Waals surface area contributed by atoms with Crippen LogP contribution in [0.4, 0.5) is 5.82 Å². The number of anilines is 1. The summed E-state index contributed by atoms with van der Waals surface area (Å²) in [6.07, 6.45) is 4.59. The molecular weight excluding hydrogens is 262 g/mol. The smallest absolute Gasteiger partial charge is 0.133 e. The molecule has 2 aromatic rings. The van der Waals surface area contributed by atoms with E-state index in [4.69, 9.17) is 4.74 Å². The van der Waals surface area contributed by atoms with Crippen LogP contribution in [0.5, 0.6) is 5.75 Å². The van der Waals surface area contributed by atoms with E-state index in [2.05, 4.69) is 47.3 Å². The molecule has 0 radical (unpaired) electrons. The van der Waals surface area contributed by atoms with Crippen molar-refractivity contribution in [2.45, 2.75) is 33.1 Å². The zero-order valence-electron chi connectivity index (χ0n) is 12.6. The van der Waals surface area contributed by atoms with Crippen molar-refractivity contribution in [3.8, 4) is 17.0 Å². The van der Waals surface area contributed by atoms with Gasteiger partial charge in [-0.15, -0.1) is 0 Å². The number of benzene rings is 1. The zero-order valence-corrected chi connectivity index (χ0v) is 12.6. The Labute approximate surface area is 125 Å². The van der Waals surface area contributed by atoms with Crippen molar-refractivity contribution in [1.82, 2.24) is 9.97 Å². The zero-order chi connectivity index (χ0) is 14.7. The van der Waals surface area contributed by atoms with E-state index in [1.165, 1.54) is 5.56 Å². The maximum absolute atomic E-state index is 5.82. The van der Waals surface area contributed by atoms with Crippen LogP contribution in [0, 0.1) is 0 Å². The number of ether oxygens (including phenoxy) is 1. The summed E-state index contributed by atoms with van der Waals surface area (Å²) in [5, 5.41) is 3.40. The molecule has 0 saturated carbocycles. The molecule has 110 valence electrons. The molecule has 4 heteroatoms. The molecule has 4 nitrogen and oxygen atoms in total. The molecule has 0 aliphatic carbocycles. The van der Waals surface area contributed by atoms with Gasteiger partial charge in [0.2, 0.25) is 0 Å². The molecule has 0 saturated heterocycles. The van der Waals surface area contributed by atoms with Gasteiger partial charge in [0.1, 0.15) is 17.9 Å². The Hall–Kier alpha value is -2.10. The molecule has 0 atom stereocenters. The van der Waals surface area contributed by atoms with Crippen molar-refractivity contribution in [2.75, 3.05) is 18.5 Å². The van der Waals surface area contributed by atoms with E-state index in [0.717, 1.165) is 60.8 Å². The van der Waals surface area contributed by atoms with Crippen LogP contribution >= 0.6 is 0 Å². The van der Waals surface area contributed by atoms with E-state index in [1.807, 2.05) is 0 Å². The largest absolute Gasteiger partial charge is 0.492 e. The number of hydrogen-bond donors (Lipinski definition) is 1. The average Bonchev–Trinajstić information content (AvgIpc) is 3.01. The Balaban J connectivity index is 2.08. The maximum atomic E-state index is 5.82. The lowest BCUT2D eigenvalue weighted by molar-refractivity contribution is 0.358. The molecule has 0 bridgehead atoms. The second-order valence-corrected chi connectivity index (χ2v) is 5.22. The lowest BCUT2D eigenvalue weighted by Gasteiger charge is -2.14. The van der Waals surface area contributed by atoms with E-state index >= 15 is 0 Å². The highest BCUT2D eigenvalue weighted by atomic mass is 16.5. The van der Waals surface area contributed by atoms with Gasteiger partial charge in [-0.3, -0.25) is 0 Å². The van der Waals surface area contributed by atoms with E-state index in [-0.39, 0.29) is 0 Å². The lowest BCUT2D eigenvalue weighted by Crippen LogP contribution is -2.07. The highest BCUT2D eigenvalue weighted by Crippen LogP contribution is 2.38. The summed E-state index contributed by atoms with van der Waals surface area (Å²) in [7, 11) is 0. The van der Waals surface area contributed by atoms with Crippen molar-refractivity contribution >= 4 is 5.82 Å². The van der Waals surface area contributed by atoms with Crippen LogP contribution in [0.2, 0.25) is 0 Å². The van der Waals surface area contributed by atoms with Gasteiger partial charge >= 0.3 is 0 Å². The van der Waals surface area contributed by atoms with Crippen LogP contribution in [0.1, 0.15) is 31.4 Å². The molecule has 1 N–H and O–H groups in total. The van der Waals surface area contributed by atoms with E-state index < -0.39 is 0 Å². The van der Waals surface area contributed by atoms with Crippen LogP contribution in [0.25, 0.3) is 11.3 Å². The molecule has 0 spiro atoms.